The Morgan fingerprint density at radius 2 is 2.00 bits per heavy atom. The first-order valence-corrected chi connectivity index (χ1v) is 9.43. The zero-order valence-corrected chi connectivity index (χ0v) is 15.6. The lowest BCUT2D eigenvalue weighted by atomic mass is 9.83. The predicted octanol–water partition coefficient (Wildman–Crippen LogP) is 1.69. The number of nitrogens with one attached hydrogen (secondary N) is 1. The summed E-state index contributed by atoms with van der Waals surface area (Å²) < 4.78 is 10.6. The van der Waals surface area contributed by atoms with Crippen LogP contribution in [0.5, 0.6) is 5.75 Å². The summed E-state index contributed by atoms with van der Waals surface area (Å²) in [5, 5.41) is 12.1. The summed E-state index contributed by atoms with van der Waals surface area (Å²) in [4.78, 5) is 38.0. The number of nitrogens with zero attached hydrogens (tertiary/aromatic N) is 2. The Morgan fingerprint density at radius 3 is 2.75 bits per heavy atom. The molecule has 148 valence electrons. The molecule has 0 aromatic heterocycles. The fourth-order valence-corrected chi connectivity index (χ4v) is 3.54. The van der Waals surface area contributed by atoms with E-state index in [1.54, 1.807) is 24.3 Å². The Morgan fingerprint density at radius 1 is 1.25 bits per heavy atom. The summed E-state index contributed by atoms with van der Waals surface area (Å²) >= 11 is 0. The summed E-state index contributed by atoms with van der Waals surface area (Å²) in [5.74, 6) is -0.943. The largest absolute Gasteiger partial charge is 0.491 e. The van der Waals surface area contributed by atoms with Gasteiger partial charge in [0.15, 0.2) is 6.61 Å². The van der Waals surface area contributed by atoms with Crippen LogP contribution in [-0.2, 0) is 19.1 Å². The number of esters is 1. The molecule has 0 radical (unpaired) electrons. The SMILES string of the molecule is N#CC1(NC(=O)COC(=O)CN2C(=O)CCOc3ccccc32)CCCCC1. The van der Waals surface area contributed by atoms with Gasteiger partial charge in [-0.3, -0.25) is 19.3 Å². The van der Waals surface area contributed by atoms with E-state index < -0.39 is 24.0 Å². The highest BCUT2D eigenvalue weighted by Crippen LogP contribution is 2.31. The molecule has 0 spiro atoms. The lowest BCUT2D eigenvalue weighted by Crippen LogP contribution is -2.50. The van der Waals surface area contributed by atoms with Crippen LogP contribution in [-0.4, -0.2) is 43.1 Å². The van der Waals surface area contributed by atoms with Gasteiger partial charge in [-0.25, -0.2) is 0 Å². The van der Waals surface area contributed by atoms with E-state index in [1.807, 2.05) is 0 Å². The second-order valence-corrected chi connectivity index (χ2v) is 7.01. The summed E-state index contributed by atoms with van der Waals surface area (Å²) in [6.45, 7) is -0.557. The van der Waals surface area contributed by atoms with E-state index in [-0.39, 0.29) is 25.5 Å². The molecule has 0 unspecified atom stereocenters. The van der Waals surface area contributed by atoms with Crippen molar-refractivity contribution in [1.82, 2.24) is 5.32 Å². The first-order chi connectivity index (χ1) is 13.5. The van der Waals surface area contributed by atoms with Crippen molar-refractivity contribution in [2.75, 3.05) is 24.7 Å². The van der Waals surface area contributed by atoms with Crippen molar-refractivity contribution >= 4 is 23.5 Å². The van der Waals surface area contributed by atoms with E-state index >= 15 is 0 Å². The minimum atomic E-state index is -0.876. The van der Waals surface area contributed by atoms with Gasteiger partial charge < -0.3 is 14.8 Å². The number of amides is 2. The average Bonchev–Trinajstić information content (AvgIpc) is 2.86. The second-order valence-electron chi connectivity index (χ2n) is 7.01. The van der Waals surface area contributed by atoms with Gasteiger partial charge in [-0.15, -0.1) is 0 Å². The zero-order chi connectivity index (χ0) is 20.0. The minimum Gasteiger partial charge on any atom is -0.491 e. The van der Waals surface area contributed by atoms with Crippen molar-refractivity contribution in [3.8, 4) is 11.8 Å². The first-order valence-electron chi connectivity index (χ1n) is 9.43. The fourth-order valence-electron chi connectivity index (χ4n) is 3.54. The second kappa shape index (κ2) is 8.74. The van der Waals surface area contributed by atoms with Crippen molar-refractivity contribution < 1.29 is 23.9 Å². The van der Waals surface area contributed by atoms with E-state index in [0.29, 0.717) is 24.3 Å². The number of anilines is 1. The number of rotatable bonds is 5. The molecule has 1 N–H and O–H groups in total. The van der Waals surface area contributed by atoms with Crippen LogP contribution in [0.15, 0.2) is 24.3 Å². The monoisotopic (exact) mass is 385 g/mol. The van der Waals surface area contributed by atoms with Crippen molar-refractivity contribution in [3.63, 3.8) is 0 Å². The lowest BCUT2D eigenvalue weighted by Gasteiger charge is -2.31. The number of benzene rings is 1. The maximum Gasteiger partial charge on any atom is 0.326 e. The molecule has 1 aromatic rings. The number of hydrogen-bond donors (Lipinski definition) is 1. The van der Waals surface area contributed by atoms with Gasteiger partial charge in [0.25, 0.3) is 5.91 Å². The fraction of sp³-hybridized carbons (Fsp3) is 0.500. The molecule has 8 heteroatoms. The molecule has 0 bridgehead atoms. The Balaban J connectivity index is 1.56. The van der Waals surface area contributed by atoms with Crippen LogP contribution in [0.4, 0.5) is 5.69 Å². The molecule has 2 aliphatic rings. The van der Waals surface area contributed by atoms with Crippen molar-refractivity contribution in [1.29, 1.82) is 5.26 Å². The molecular weight excluding hydrogens is 362 g/mol. The van der Waals surface area contributed by atoms with E-state index in [9.17, 15) is 19.6 Å². The number of nitriles is 1. The molecule has 1 aliphatic heterocycles. The van der Waals surface area contributed by atoms with Gasteiger partial charge in [-0.1, -0.05) is 31.4 Å². The summed E-state index contributed by atoms with van der Waals surface area (Å²) in [7, 11) is 0. The van der Waals surface area contributed by atoms with Crippen LogP contribution in [0.2, 0.25) is 0 Å². The number of fused-ring (bicyclic) bond motifs is 1. The van der Waals surface area contributed by atoms with Crippen LogP contribution in [0, 0.1) is 11.3 Å². The first kappa shape index (κ1) is 19.7. The van der Waals surface area contributed by atoms with Gasteiger partial charge in [0.05, 0.1) is 24.8 Å². The highest BCUT2D eigenvalue weighted by atomic mass is 16.5. The summed E-state index contributed by atoms with van der Waals surface area (Å²) in [6, 6.07) is 9.14. The van der Waals surface area contributed by atoms with Gasteiger partial charge in [0, 0.05) is 0 Å². The molecular formula is C20H23N3O5. The van der Waals surface area contributed by atoms with Crippen LogP contribution in [0.3, 0.4) is 0 Å². The standard InChI is InChI=1S/C20H23N3O5/c21-14-20(9-4-1-5-10-20)22-17(24)13-28-19(26)12-23-15-6-2-3-7-16(15)27-11-8-18(23)25/h2-3,6-7H,1,4-5,8-13H2,(H,22,24). The van der Waals surface area contributed by atoms with E-state index in [0.717, 1.165) is 19.3 Å². The third kappa shape index (κ3) is 4.60. The van der Waals surface area contributed by atoms with E-state index in [2.05, 4.69) is 11.4 Å². The van der Waals surface area contributed by atoms with Crippen LogP contribution < -0.4 is 15.0 Å². The van der Waals surface area contributed by atoms with Gasteiger partial charge in [0.1, 0.15) is 17.8 Å². The van der Waals surface area contributed by atoms with Crippen molar-refractivity contribution in [3.05, 3.63) is 24.3 Å². The Labute approximate surface area is 163 Å². The molecule has 28 heavy (non-hydrogen) atoms. The van der Waals surface area contributed by atoms with Gasteiger partial charge >= 0.3 is 5.97 Å². The van der Waals surface area contributed by atoms with Crippen LogP contribution in [0.1, 0.15) is 38.5 Å². The quantitative estimate of drug-likeness (QED) is 0.773. The molecule has 8 nitrogen and oxygen atoms in total. The number of carbonyl (C=O) groups is 3. The van der Waals surface area contributed by atoms with E-state index in [1.165, 1.54) is 4.90 Å². The topological polar surface area (TPSA) is 109 Å². The number of para-hydroxylation sites is 2. The smallest absolute Gasteiger partial charge is 0.326 e. The lowest BCUT2D eigenvalue weighted by molar-refractivity contribution is -0.148. The molecule has 1 aliphatic carbocycles. The summed E-state index contributed by atoms with van der Waals surface area (Å²) in [5.41, 5.74) is -0.379. The number of carbonyl (C=O) groups excluding carboxylic acids is 3. The molecule has 1 heterocycles. The highest BCUT2D eigenvalue weighted by molar-refractivity contribution is 5.99. The third-order valence-electron chi connectivity index (χ3n) is 4.98. The van der Waals surface area contributed by atoms with Crippen LogP contribution in [0.25, 0.3) is 0 Å². The Bertz CT molecular complexity index is 795. The molecule has 1 aromatic carbocycles. The Kier molecular flexibility index (Phi) is 6.14. The normalized spacial score (nSPS) is 18.1. The third-order valence-corrected chi connectivity index (χ3v) is 4.98. The highest BCUT2D eigenvalue weighted by Gasteiger charge is 2.34. The zero-order valence-electron chi connectivity index (χ0n) is 15.6. The van der Waals surface area contributed by atoms with Crippen molar-refractivity contribution in [2.45, 2.75) is 44.1 Å². The molecule has 2 amide bonds. The van der Waals surface area contributed by atoms with Crippen LogP contribution >= 0.6 is 0 Å². The number of ether oxygens (including phenoxy) is 2. The maximum absolute atomic E-state index is 12.3. The van der Waals surface area contributed by atoms with E-state index in [4.69, 9.17) is 9.47 Å². The van der Waals surface area contributed by atoms with Gasteiger partial charge in [-0.05, 0) is 25.0 Å². The molecule has 0 atom stereocenters. The maximum atomic E-state index is 12.3. The predicted molar refractivity (Wildman–Crippen MR) is 99.4 cm³/mol. The van der Waals surface area contributed by atoms with Crippen molar-refractivity contribution in [2.24, 2.45) is 0 Å². The molecule has 0 saturated heterocycles. The average molecular weight is 385 g/mol. The molecule has 1 fully saturated rings. The number of hydrogen-bond acceptors (Lipinski definition) is 6. The molecule has 1 saturated carbocycles. The van der Waals surface area contributed by atoms with Gasteiger partial charge in [0.2, 0.25) is 5.91 Å². The summed E-state index contributed by atoms with van der Waals surface area (Å²) in [6.07, 6.45) is 4.15. The molecule has 3 rings (SSSR count). The van der Waals surface area contributed by atoms with Gasteiger partial charge in [-0.2, -0.15) is 5.26 Å². The Hall–Kier alpha value is -3.08. The minimum absolute atomic E-state index is 0.146.